The number of nitrogens with one attached hydrogen (secondary N) is 1. The van der Waals surface area contributed by atoms with Gasteiger partial charge in [0.1, 0.15) is 0 Å². The standard InChI is InChI=1S/C12H19N3OS/c1-8-4-5-9-10(7-8)17-12(14-9)15-11(16)3-2-6-13/h8H,2-7,13H2,1H3,(H,14,15,16). The van der Waals surface area contributed by atoms with Crippen molar-refractivity contribution in [3.63, 3.8) is 0 Å². The van der Waals surface area contributed by atoms with Crippen LogP contribution < -0.4 is 11.1 Å². The first-order valence-electron chi connectivity index (χ1n) is 6.17. The Hall–Kier alpha value is -0.940. The molecular formula is C12H19N3OS. The molecule has 1 aromatic rings. The third-order valence-electron chi connectivity index (χ3n) is 3.04. The van der Waals surface area contributed by atoms with Gasteiger partial charge in [-0.05, 0) is 38.1 Å². The molecule has 1 aromatic heterocycles. The maximum atomic E-state index is 11.5. The first kappa shape index (κ1) is 12.5. The fourth-order valence-corrected chi connectivity index (χ4v) is 3.23. The molecule has 1 atom stereocenters. The van der Waals surface area contributed by atoms with Crippen molar-refractivity contribution in [2.45, 2.75) is 39.0 Å². The quantitative estimate of drug-likeness (QED) is 0.861. The molecule has 2 rings (SSSR count). The van der Waals surface area contributed by atoms with Crippen LogP contribution in [0.1, 0.15) is 36.8 Å². The van der Waals surface area contributed by atoms with Crippen LogP contribution in [0.3, 0.4) is 0 Å². The molecule has 94 valence electrons. The van der Waals surface area contributed by atoms with Gasteiger partial charge in [0.25, 0.3) is 0 Å². The van der Waals surface area contributed by atoms with Gasteiger partial charge in [0, 0.05) is 11.3 Å². The van der Waals surface area contributed by atoms with Crippen molar-refractivity contribution >= 4 is 22.4 Å². The van der Waals surface area contributed by atoms with E-state index < -0.39 is 0 Å². The molecule has 0 spiro atoms. The average molecular weight is 253 g/mol. The number of nitrogens with zero attached hydrogens (tertiary/aromatic N) is 1. The predicted octanol–water partition coefficient (Wildman–Crippen LogP) is 1.95. The molecule has 1 aliphatic carbocycles. The number of hydrogen-bond donors (Lipinski definition) is 2. The number of fused-ring (bicyclic) bond motifs is 1. The van der Waals surface area contributed by atoms with Crippen molar-refractivity contribution in [2.24, 2.45) is 11.7 Å². The molecule has 17 heavy (non-hydrogen) atoms. The molecule has 0 fully saturated rings. The van der Waals surface area contributed by atoms with Gasteiger partial charge in [0.15, 0.2) is 5.13 Å². The fourth-order valence-electron chi connectivity index (χ4n) is 2.04. The second-order valence-corrected chi connectivity index (χ2v) is 5.76. The lowest BCUT2D eigenvalue weighted by Crippen LogP contribution is -2.13. The Kier molecular flexibility index (Phi) is 4.12. The zero-order valence-corrected chi connectivity index (χ0v) is 11.0. The highest BCUT2D eigenvalue weighted by Gasteiger charge is 2.20. The fraction of sp³-hybridized carbons (Fsp3) is 0.667. The maximum Gasteiger partial charge on any atom is 0.226 e. The average Bonchev–Trinajstić information content (AvgIpc) is 2.67. The third kappa shape index (κ3) is 3.26. The van der Waals surface area contributed by atoms with E-state index >= 15 is 0 Å². The van der Waals surface area contributed by atoms with E-state index in [0.29, 0.717) is 13.0 Å². The number of nitrogens with two attached hydrogens (primary N) is 1. The van der Waals surface area contributed by atoms with Crippen LogP contribution in [0.4, 0.5) is 5.13 Å². The summed E-state index contributed by atoms with van der Waals surface area (Å²) in [6.07, 6.45) is 4.57. The number of aryl methyl sites for hydroxylation is 1. The lowest BCUT2D eigenvalue weighted by atomic mass is 9.93. The van der Waals surface area contributed by atoms with E-state index in [0.717, 1.165) is 30.3 Å². The van der Waals surface area contributed by atoms with Crippen molar-refractivity contribution < 1.29 is 4.79 Å². The van der Waals surface area contributed by atoms with Gasteiger partial charge in [-0.25, -0.2) is 4.98 Å². The van der Waals surface area contributed by atoms with Crippen LogP contribution >= 0.6 is 11.3 Å². The summed E-state index contributed by atoms with van der Waals surface area (Å²) >= 11 is 1.63. The molecule has 1 heterocycles. The Balaban J connectivity index is 1.96. The van der Waals surface area contributed by atoms with E-state index in [1.54, 1.807) is 11.3 Å². The van der Waals surface area contributed by atoms with Crippen LogP contribution in [-0.2, 0) is 17.6 Å². The summed E-state index contributed by atoms with van der Waals surface area (Å²) in [5.41, 5.74) is 6.55. The van der Waals surface area contributed by atoms with Crippen molar-refractivity contribution in [1.29, 1.82) is 0 Å². The molecule has 4 nitrogen and oxygen atoms in total. The minimum Gasteiger partial charge on any atom is -0.330 e. The minimum atomic E-state index is 0.0228. The summed E-state index contributed by atoms with van der Waals surface area (Å²) in [6.45, 7) is 2.82. The Bertz CT molecular complexity index is 402. The first-order chi connectivity index (χ1) is 8.19. The zero-order chi connectivity index (χ0) is 12.3. The Morgan fingerprint density at radius 2 is 2.47 bits per heavy atom. The zero-order valence-electron chi connectivity index (χ0n) is 10.2. The second kappa shape index (κ2) is 5.60. The van der Waals surface area contributed by atoms with E-state index in [1.807, 2.05) is 0 Å². The Morgan fingerprint density at radius 3 is 3.24 bits per heavy atom. The van der Waals surface area contributed by atoms with E-state index in [2.05, 4.69) is 17.2 Å². The highest BCUT2D eigenvalue weighted by atomic mass is 32.1. The van der Waals surface area contributed by atoms with Gasteiger partial charge in [0.2, 0.25) is 5.91 Å². The topological polar surface area (TPSA) is 68.0 Å². The molecule has 0 saturated heterocycles. The number of aromatic nitrogens is 1. The Morgan fingerprint density at radius 1 is 1.65 bits per heavy atom. The molecule has 1 unspecified atom stereocenters. The highest BCUT2D eigenvalue weighted by molar-refractivity contribution is 7.15. The SMILES string of the molecule is CC1CCc2nc(NC(=O)CCCN)sc2C1. The summed E-state index contributed by atoms with van der Waals surface area (Å²) in [6, 6.07) is 0. The van der Waals surface area contributed by atoms with Crippen molar-refractivity contribution in [3.05, 3.63) is 10.6 Å². The van der Waals surface area contributed by atoms with Gasteiger partial charge in [-0.2, -0.15) is 0 Å². The molecule has 0 saturated carbocycles. The van der Waals surface area contributed by atoms with Crippen molar-refractivity contribution in [3.8, 4) is 0 Å². The molecular weight excluding hydrogens is 234 g/mol. The number of rotatable bonds is 4. The summed E-state index contributed by atoms with van der Waals surface area (Å²) in [5, 5.41) is 3.62. The molecule has 0 aromatic carbocycles. The molecule has 1 aliphatic rings. The normalized spacial score (nSPS) is 18.8. The number of hydrogen-bond acceptors (Lipinski definition) is 4. The maximum absolute atomic E-state index is 11.5. The lowest BCUT2D eigenvalue weighted by Gasteiger charge is -2.15. The second-order valence-electron chi connectivity index (χ2n) is 4.68. The summed E-state index contributed by atoms with van der Waals surface area (Å²) in [5.74, 6) is 0.762. The van der Waals surface area contributed by atoms with E-state index in [-0.39, 0.29) is 5.91 Å². The van der Waals surface area contributed by atoms with Gasteiger partial charge in [0.05, 0.1) is 5.69 Å². The number of carbonyl (C=O) groups is 1. The van der Waals surface area contributed by atoms with E-state index in [1.165, 1.54) is 17.0 Å². The van der Waals surface area contributed by atoms with Gasteiger partial charge in [-0.15, -0.1) is 11.3 Å². The number of carbonyl (C=O) groups excluding carboxylic acids is 1. The smallest absolute Gasteiger partial charge is 0.226 e. The molecule has 0 radical (unpaired) electrons. The van der Waals surface area contributed by atoms with Crippen LogP contribution in [0.15, 0.2) is 0 Å². The largest absolute Gasteiger partial charge is 0.330 e. The Labute approximate surface area is 106 Å². The number of amides is 1. The van der Waals surface area contributed by atoms with Crippen LogP contribution in [0.5, 0.6) is 0 Å². The number of thiazole rings is 1. The summed E-state index contributed by atoms with van der Waals surface area (Å²) in [7, 11) is 0. The van der Waals surface area contributed by atoms with Crippen LogP contribution in [-0.4, -0.2) is 17.4 Å². The van der Waals surface area contributed by atoms with Crippen LogP contribution in [0.25, 0.3) is 0 Å². The summed E-state index contributed by atoms with van der Waals surface area (Å²) < 4.78 is 0. The van der Waals surface area contributed by atoms with E-state index in [9.17, 15) is 4.79 Å². The first-order valence-corrected chi connectivity index (χ1v) is 6.99. The lowest BCUT2D eigenvalue weighted by molar-refractivity contribution is -0.116. The monoisotopic (exact) mass is 253 g/mol. The van der Waals surface area contributed by atoms with Crippen LogP contribution in [0, 0.1) is 5.92 Å². The van der Waals surface area contributed by atoms with Crippen molar-refractivity contribution in [2.75, 3.05) is 11.9 Å². The van der Waals surface area contributed by atoms with E-state index in [4.69, 9.17) is 5.73 Å². The molecule has 3 N–H and O–H groups in total. The molecule has 0 bridgehead atoms. The molecule has 1 amide bonds. The van der Waals surface area contributed by atoms with Gasteiger partial charge < -0.3 is 11.1 Å². The predicted molar refractivity (Wildman–Crippen MR) is 70.2 cm³/mol. The van der Waals surface area contributed by atoms with Crippen molar-refractivity contribution in [1.82, 2.24) is 4.98 Å². The highest BCUT2D eigenvalue weighted by Crippen LogP contribution is 2.32. The summed E-state index contributed by atoms with van der Waals surface area (Å²) in [4.78, 5) is 17.4. The number of anilines is 1. The third-order valence-corrected chi connectivity index (χ3v) is 4.08. The molecule has 5 heteroatoms. The van der Waals surface area contributed by atoms with Gasteiger partial charge >= 0.3 is 0 Å². The van der Waals surface area contributed by atoms with Crippen LogP contribution in [0.2, 0.25) is 0 Å². The van der Waals surface area contributed by atoms with Gasteiger partial charge in [-0.1, -0.05) is 6.92 Å². The van der Waals surface area contributed by atoms with Gasteiger partial charge in [-0.3, -0.25) is 4.79 Å². The minimum absolute atomic E-state index is 0.0228. The molecule has 0 aliphatic heterocycles.